The normalized spacial score (nSPS) is 21.2. The molecule has 1 heterocycles. The second-order valence-electron chi connectivity index (χ2n) is 6.04. The van der Waals surface area contributed by atoms with Gasteiger partial charge in [0.15, 0.2) is 0 Å². The molecule has 2 N–H and O–H groups in total. The first-order valence-corrected chi connectivity index (χ1v) is 6.90. The molecule has 1 unspecified atom stereocenters. The van der Waals surface area contributed by atoms with E-state index in [0.29, 0.717) is 5.56 Å². The zero-order valence-corrected chi connectivity index (χ0v) is 12.2. The van der Waals surface area contributed by atoms with Gasteiger partial charge in [0.1, 0.15) is 5.82 Å². The summed E-state index contributed by atoms with van der Waals surface area (Å²) in [6.07, 6.45) is 3.44. The van der Waals surface area contributed by atoms with Gasteiger partial charge >= 0.3 is 0 Å². The highest BCUT2D eigenvalue weighted by Crippen LogP contribution is 2.37. The van der Waals surface area contributed by atoms with Crippen molar-refractivity contribution in [2.75, 3.05) is 12.4 Å². The molecule has 1 amide bonds. The van der Waals surface area contributed by atoms with Gasteiger partial charge in [0, 0.05) is 24.3 Å². The molecular formula is C15H23N3O. The fraction of sp³-hybridized carbons (Fsp3) is 0.600. The predicted octanol–water partition coefficient (Wildman–Crippen LogP) is 2.74. The van der Waals surface area contributed by atoms with Crippen LogP contribution in [0.2, 0.25) is 0 Å². The number of nitrogens with zero attached hydrogens (tertiary/aromatic N) is 1. The molecule has 0 saturated heterocycles. The fourth-order valence-electron chi connectivity index (χ4n) is 2.76. The molecule has 0 radical (unpaired) electrons. The Bertz CT molecular complexity index is 482. The summed E-state index contributed by atoms with van der Waals surface area (Å²) in [4.78, 5) is 16.6. The molecule has 1 saturated carbocycles. The smallest absolute Gasteiger partial charge is 0.251 e. The third kappa shape index (κ3) is 3.06. The molecule has 0 aromatic carbocycles. The van der Waals surface area contributed by atoms with Gasteiger partial charge in [0.2, 0.25) is 0 Å². The molecule has 1 aliphatic rings. The maximum absolute atomic E-state index is 12.3. The van der Waals surface area contributed by atoms with Crippen LogP contribution >= 0.6 is 0 Å². The molecule has 104 valence electrons. The molecule has 2 rings (SSSR count). The van der Waals surface area contributed by atoms with Gasteiger partial charge in [0.05, 0.1) is 0 Å². The zero-order valence-electron chi connectivity index (χ0n) is 12.2. The van der Waals surface area contributed by atoms with E-state index >= 15 is 0 Å². The van der Waals surface area contributed by atoms with E-state index in [1.807, 2.05) is 20.0 Å². The van der Waals surface area contributed by atoms with Crippen molar-refractivity contribution in [3.05, 3.63) is 23.4 Å². The SMILES string of the molecule is CNc1cc(C(=O)NC2CCCC2(C)C)cc(C)n1. The van der Waals surface area contributed by atoms with Crippen molar-refractivity contribution in [1.82, 2.24) is 10.3 Å². The van der Waals surface area contributed by atoms with Gasteiger partial charge in [-0.05, 0) is 37.3 Å². The summed E-state index contributed by atoms with van der Waals surface area (Å²) in [6, 6.07) is 3.90. The third-order valence-corrected chi connectivity index (χ3v) is 4.03. The van der Waals surface area contributed by atoms with Gasteiger partial charge in [0.25, 0.3) is 5.91 Å². The number of rotatable bonds is 3. The Morgan fingerprint density at radius 1 is 1.42 bits per heavy atom. The summed E-state index contributed by atoms with van der Waals surface area (Å²) in [7, 11) is 1.81. The van der Waals surface area contributed by atoms with E-state index in [9.17, 15) is 4.79 Å². The van der Waals surface area contributed by atoms with Crippen molar-refractivity contribution in [1.29, 1.82) is 0 Å². The minimum absolute atomic E-state index is 0.00183. The lowest BCUT2D eigenvalue weighted by molar-refractivity contribution is 0.0910. The van der Waals surface area contributed by atoms with Crippen molar-refractivity contribution in [3.8, 4) is 0 Å². The maximum Gasteiger partial charge on any atom is 0.251 e. The van der Waals surface area contributed by atoms with E-state index in [-0.39, 0.29) is 17.4 Å². The van der Waals surface area contributed by atoms with Gasteiger partial charge in [-0.1, -0.05) is 20.3 Å². The third-order valence-electron chi connectivity index (χ3n) is 4.03. The molecular weight excluding hydrogens is 238 g/mol. The van der Waals surface area contributed by atoms with Crippen molar-refractivity contribution in [3.63, 3.8) is 0 Å². The molecule has 4 heteroatoms. The van der Waals surface area contributed by atoms with Crippen molar-refractivity contribution in [2.45, 2.75) is 46.1 Å². The Morgan fingerprint density at radius 3 is 2.74 bits per heavy atom. The highest BCUT2D eigenvalue weighted by molar-refractivity contribution is 5.95. The van der Waals surface area contributed by atoms with Crippen LogP contribution in [0.4, 0.5) is 5.82 Å². The molecule has 0 bridgehead atoms. The number of carbonyl (C=O) groups is 1. The van der Waals surface area contributed by atoms with Crippen LogP contribution < -0.4 is 10.6 Å². The van der Waals surface area contributed by atoms with E-state index in [2.05, 4.69) is 29.5 Å². The number of aryl methyl sites for hydroxylation is 1. The number of amides is 1. The minimum atomic E-state index is 0.00183. The number of pyridine rings is 1. The van der Waals surface area contributed by atoms with Crippen LogP contribution in [-0.2, 0) is 0 Å². The average molecular weight is 261 g/mol. The topological polar surface area (TPSA) is 54.0 Å². The summed E-state index contributed by atoms with van der Waals surface area (Å²) in [5.74, 6) is 0.734. The fourth-order valence-corrected chi connectivity index (χ4v) is 2.76. The first-order valence-electron chi connectivity index (χ1n) is 6.90. The number of hydrogen-bond donors (Lipinski definition) is 2. The summed E-state index contributed by atoms with van der Waals surface area (Å²) in [5.41, 5.74) is 1.73. The van der Waals surface area contributed by atoms with Crippen LogP contribution in [0, 0.1) is 12.3 Å². The minimum Gasteiger partial charge on any atom is -0.373 e. The van der Waals surface area contributed by atoms with Gasteiger partial charge in [-0.15, -0.1) is 0 Å². The highest BCUT2D eigenvalue weighted by Gasteiger charge is 2.35. The molecule has 4 nitrogen and oxygen atoms in total. The number of hydrogen-bond acceptors (Lipinski definition) is 3. The van der Waals surface area contributed by atoms with Crippen molar-refractivity contribution in [2.24, 2.45) is 5.41 Å². The van der Waals surface area contributed by atoms with Crippen LogP contribution in [0.15, 0.2) is 12.1 Å². The van der Waals surface area contributed by atoms with Crippen LogP contribution in [0.1, 0.15) is 49.2 Å². The van der Waals surface area contributed by atoms with Crippen LogP contribution in [0.3, 0.4) is 0 Å². The summed E-state index contributed by atoms with van der Waals surface area (Å²) < 4.78 is 0. The molecule has 1 aromatic rings. The van der Waals surface area contributed by atoms with E-state index < -0.39 is 0 Å². The van der Waals surface area contributed by atoms with E-state index in [4.69, 9.17) is 0 Å². The molecule has 1 aromatic heterocycles. The molecule has 19 heavy (non-hydrogen) atoms. The lowest BCUT2D eigenvalue weighted by Gasteiger charge is -2.27. The molecule has 1 fully saturated rings. The van der Waals surface area contributed by atoms with Crippen LogP contribution in [-0.4, -0.2) is 24.0 Å². The number of aromatic nitrogens is 1. The Labute approximate surface area is 115 Å². The molecule has 1 aliphatic carbocycles. The van der Waals surface area contributed by atoms with Gasteiger partial charge < -0.3 is 10.6 Å². The van der Waals surface area contributed by atoms with Gasteiger partial charge in [-0.3, -0.25) is 4.79 Å². The standard InChI is InChI=1S/C15H23N3O/c1-10-8-11(9-13(16-4)17-10)14(19)18-12-6-5-7-15(12,2)3/h8-9,12H,5-7H2,1-4H3,(H,16,17)(H,18,19). The zero-order chi connectivity index (χ0) is 14.0. The average Bonchev–Trinajstić information content (AvgIpc) is 2.68. The maximum atomic E-state index is 12.3. The second kappa shape index (κ2) is 5.19. The largest absolute Gasteiger partial charge is 0.373 e. The van der Waals surface area contributed by atoms with Crippen molar-refractivity contribution >= 4 is 11.7 Å². The van der Waals surface area contributed by atoms with Crippen LogP contribution in [0.5, 0.6) is 0 Å². The number of anilines is 1. The Balaban J connectivity index is 2.14. The Morgan fingerprint density at radius 2 is 2.16 bits per heavy atom. The highest BCUT2D eigenvalue weighted by atomic mass is 16.1. The molecule has 0 aliphatic heterocycles. The first-order chi connectivity index (χ1) is 8.92. The number of nitrogens with one attached hydrogen (secondary N) is 2. The predicted molar refractivity (Wildman–Crippen MR) is 77.4 cm³/mol. The number of carbonyl (C=O) groups excluding carboxylic acids is 1. The van der Waals surface area contributed by atoms with Gasteiger partial charge in [-0.2, -0.15) is 0 Å². The van der Waals surface area contributed by atoms with Gasteiger partial charge in [-0.25, -0.2) is 4.98 Å². The monoisotopic (exact) mass is 261 g/mol. The lowest BCUT2D eigenvalue weighted by Crippen LogP contribution is -2.41. The lowest BCUT2D eigenvalue weighted by atomic mass is 9.87. The van der Waals surface area contributed by atoms with Crippen LogP contribution in [0.25, 0.3) is 0 Å². The summed E-state index contributed by atoms with van der Waals surface area (Å²) in [5, 5.41) is 6.15. The quantitative estimate of drug-likeness (QED) is 0.879. The van der Waals surface area contributed by atoms with Crippen molar-refractivity contribution < 1.29 is 4.79 Å². The van der Waals surface area contributed by atoms with E-state index in [1.54, 1.807) is 6.07 Å². The second-order valence-corrected chi connectivity index (χ2v) is 6.04. The Hall–Kier alpha value is -1.58. The van der Waals surface area contributed by atoms with E-state index in [1.165, 1.54) is 12.8 Å². The Kier molecular flexibility index (Phi) is 3.78. The molecule has 1 atom stereocenters. The van der Waals surface area contributed by atoms with E-state index in [0.717, 1.165) is 17.9 Å². The molecule has 0 spiro atoms. The summed E-state index contributed by atoms with van der Waals surface area (Å²) >= 11 is 0. The first kappa shape index (κ1) is 13.8. The summed E-state index contributed by atoms with van der Waals surface area (Å²) in [6.45, 7) is 6.35.